The van der Waals surface area contributed by atoms with Crippen LogP contribution in [0.2, 0.25) is 56.3 Å². The van der Waals surface area contributed by atoms with Crippen LogP contribution in [0.25, 0.3) is 0 Å². The Bertz CT molecular complexity index is 159. The van der Waals surface area contributed by atoms with Gasteiger partial charge in [0.25, 0.3) is 0 Å². The molecule has 0 aromatic carbocycles. The number of halogens is 1. The van der Waals surface area contributed by atoms with Crippen LogP contribution in [0.5, 0.6) is 0 Å². The highest BCUT2D eigenvalue weighted by molar-refractivity contribution is 7.25. The zero-order valence-corrected chi connectivity index (χ0v) is 16.0. The minimum absolute atomic E-state index is 0.317. The molecule has 5 heteroatoms. The van der Waals surface area contributed by atoms with Crippen LogP contribution in [0, 0.1) is 0 Å². The highest BCUT2D eigenvalue weighted by Crippen LogP contribution is 2.24. The third-order valence-corrected chi connectivity index (χ3v) is 25.1. The predicted molar refractivity (Wildman–Crippen MR) is 82.7 cm³/mol. The zero-order chi connectivity index (χ0) is 11.4. The topological polar surface area (TPSA) is 0 Å². The summed E-state index contributed by atoms with van der Waals surface area (Å²) in [6, 6.07) is 0. The van der Waals surface area contributed by atoms with Crippen molar-refractivity contribution in [3.8, 4) is 0 Å². The van der Waals surface area contributed by atoms with E-state index in [0.717, 1.165) is 0 Å². The molecule has 0 aromatic heterocycles. The van der Waals surface area contributed by atoms with Gasteiger partial charge in [-0.15, -0.1) is 0 Å². The van der Waals surface area contributed by atoms with Crippen molar-refractivity contribution in [3.05, 3.63) is 0 Å². The Hall–Kier alpha value is 1.16. The highest BCUT2D eigenvalue weighted by atomic mass is 35.6. The molecule has 0 spiro atoms. The predicted octanol–water partition coefficient (Wildman–Crippen LogP) is 3.25. The molecule has 0 aliphatic rings. The average Bonchev–Trinajstić information content (AvgIpc) is 1.77. The van der Waals surface area contributed by atoms with E-state index in [0.29, 0.717) is 0 Å². The molecule has 86 valence electrons. The first-order valence-electron chi connectivity index (χ1n) is 5.92. The largest absolute Gasteiger partial charge is 0.168 e. The van der Waals surface area contributed by atoms with Crippen LogP contribution in [0.4, 0.5) is 0 Å². The Morgan fingerprint density at radius 1 is 0.929 bits per heavy atom. The minimum Gasteiger partial charge on any atom is -0.168 e. The summed E-state index contributed by atoms with van der Waals surface area (Å²) < 4.78 is 0. The number of hydrogen-bond donors (Lipinski definition) is 0. The Morgan fingerprint density at radius 2 is 1.43 bits per heavy atom. The average molecular weight is 283 g/mol. The van der Waals surface area contributed by atoms with Crippen LogP contribution in [0.1, 0.15) is 0 Å². The van der Waals surface area contributed by atoms with E-state index in [1.54, 1.807) is 5.67 Å². The van der Waals surface area contributed by atoms with E-state index >= 15 is 0 Å². The van der Waals surface area contributed by atoms with E-state index in [2.05, 4.69) is 39.3 Å². The van der Waals surface area contributed by atoms with E-state index in [9.17, 15) is 0 Å². The fraction of sp³-hybridized carbons (Fsp3) is 1.00. The first-order chi connectivity index (χ1) is 6.23. The van der Waals surface area contributed by atoms with E-state index < -0.39 is 25.0 Å². The lowest BCUT2D eigenvalue weighted by molar-refractivity contribution is 1.57. The van der Waals surface area contributed by atoms with Crippen molar-refractivity contribution in [2.45, 2.75) is 56.3 Å². The van der Waals surface area contributed by atoms with Crippen LogP contribution in [0.15, 0.2) is 0 Å². The maximum atomic E-state index is 6.73. The second-order valence-corrected chi connectivity index (χ2v) is 24.5. The second kappa shape index (κ2) is 6.68. The molecular formula is C9H27ClSi4. The Balaban J connectivity index is 3.94. The highest BCUT2D eigenvalue weighted by Gasteiger charge is 2.28. The molecule has 2 atom stereocenters. The van der Waals surface area contributed by atoms with E-state index in [1.807, 2.05) is 0 Å². The molecule has 0 nitrogen and oxygen atoms in total. The molecule has 0 saturated carbocycles. The first-order valence-corrected chi connectivity index (χ1v) is 18.9. The summed E-state index contributed by atoms with van der Waals surface area (Å²) in [7, 11) is -2.45. The second-order valence-electron chi connectivity index (χ2n) is 5.95. The monoisotopic (exact) mass is 282 g/mol. The number of hydrogen-bond acceptors (Lipinski definition) is 0. The Morgan fingerprint density at radius 3 is 1.79 bits per heavy atom. The summed E-state index contributed by atoms with van der Waals surface area (Å²) >= 11 is 6.73. The lowest BCUT2D eigenvalue weighted by Crippen LogP contribution is -2.34. The molecule has 0 N–H and O–H groups in total. The Labute approximate surface area is 101 Å². The molecule has 0 saturated heterocycles. The number of rotatable bonds is 6. The smallest absolute Gasteiger partial charge is 0.147 e. The summed E-state index contributed by atoms with van der Waals surface area (Å²) in [5, 5.41) is 0. The summed E-state index contributed by atoms with van der Waals surface area (Å²) in [6.07, 6.45) is 0. The molecule has 0 fully saturated rings. The standard InChI is InChI=1S/C9H27ClSi4/c1-11(2)7-13(5)9-14(6,10)8-12(3)4/h11-13H,7-9H2,1-6H3. The normalized spacial score (nSPS) is 18.6. The molecule has 0 aliphatic carbocycles. The van der Waals surface area contributed by atoms with Crippen molar-refractivity contribution in [1.82, 2.24) is 0 Å². The van der Waals surface area contributed by atoms with Crippen molar-refractivity contribution in [2.75, 3.05) is 0 Å². The first kappa shape index (κ1) is 15.2. The summed E-state index contributed by atoms with van der Waals surface area (Å²) in [6.45, 7) is 14.8. The Kier molecular flexibility index (Phi) is 7.23. The van der Waals surface area contributed by atoms with Gasteiger partial charge < -0.3 is 0 Å². The van der Waals surface area contributed by atoms with E-state index in [-0.39, 0.29) is 8.80 Å². The molecule has 0 amide bonds. The quantitative estimate of drug-likeness (QED) is 0.518. The molecular weight excluding hydrogens is 256 g/mol. The molecule has 0 heterocycles. The van der Waals surface area contributed by atoms with Gasteiger partial charge in [-0.25, -0.2) is 0 Å². The fourth-order valence-corrected chi connectivity index (χ4v) is 31.1. The third kappa shape index (κ3) is 8.46. The molecule has 0 radical (unpaired) electrons. The van der Waals surface area contributed by atoms with Crippen molar-refractivity contribution < 1.29 is 0 Å². The van der Waals surface area contributed by atoms with Gasteiger partial charge in [0.05, 0.1) is 0 Å². The SMILES string of the molecule is C[SiH](C)C[SiH](C)C[Si](C)(Cl)C[SiH](C)C. The van der Waals surface area contributed by atoms with Gasteiger partial charge in [-0.2, -0.15) is 11.1 Å². The molecule has 2 unspecified atom stereocenters. The van der Waals surface area contributed by atoms with Gasteiger partial charge >= 0.3 is 0 Å². The van der Waals surface area contributed by atoms with Crippen molar-refractivity contribution >= 4 is 44.9 Å². The van der Waals surface area contributed by atoms with Gasteiger partial charge in [0, 0.05) is 26.4 Å². The summed E-state index contributed by atoms with van der Waals surface area (Å²) in [4.78, 5) is 0. The van der Waals surface area contributed by atoms with Gasteiger partial charge in [0.1, 0.15) is 7.38 Å². The third-order valence-electron chi connectivity index (χ3n) is 2.48. The molecule has 0 aromatic rings. The van der Waals surface area contributed by atoms with Crippen LogP contribution in [-0.4, -0.2) is 33.8 Å². The van der Waals surface area contributed by atoms with Crippen LogP contribution >= 0.6 is 11.1 Å². The summed E-state index contributed by atoms with van der Waals surface area (Å²) in [5.74, 6) is 0. The van der Waals surface area contributed by atoms with E-state index in [1.165, 1.54) is 11.3 Å². The fourth-order valence-electron chi connectivity index (χ4n) is 2.55. The maximum Gasteiger partial charge on any atom is 0.147 e. The van der Waals surface area contributed by atoms with Gasteiger partial charge in [-0.05, 0) is 0 Å². The van der Waals surface area contributed by atoms with Crippen LogP contribution in [0.3, 0.4) is 0 Å². The van der Waals surface area contributed by atoms with Gasteiger partial charge in [-0.3, -0.25) is 0 Å². The van der Waals surface area contributed by atoms with Gasteiger partial charge in [-0.1, -0.05) is 56.3 Å². The van der Waals surface area contributed by atoms with Crippen molar-refractivity contribution in [1.29, 1.82) is 0 Å². The molecule has 0 bridgehead atoms. The van der Waals surface area contributed by atoms with Crippen molar-refractivity contribution in [3.63, 3.8) is 0 Å². The van der Waals surface area contributed by atoms with Crippen LogP contribution < -0.4 is 0 Å². The zero-order valence-electron chi connectivity index (χ0n) is 10.7. The molecule has 0 aliphatic heterocycles. The molecule has 14 heavy (non-hydrogen) atoms. The maximum absolute atomic E-state index is 6.73. The van der Waals surface area contributed by atoms with E-state index in [4.69, 9.17) is 11.1 Å². The van der Waals surface area contributed by atoms with Crippen molar-refractivity contribution in [2.24, 2.45) is 0 Å². The van der Waals surface area contributed by atoms with Crippen LogP contribution in [-0.2, 0) is 0 Å². The summed E-state index contributed by atoms with van der Waals surface area (Å²) in [5.41, 5.74) is 4.56. The lowest BCUT2D eigenvalue weighted by atomic mass is 11.7. The van der Waals surface area contributed by atoms with Gasteiger partial charge in [0.2, 0.25) is 0 Å². The minimum atomic E-state index is -1.28. The lowest BCUT2D eigenvalue weighted by Gasteiger charge is -2.24. The molecule has 0 rings (SSSR count). The van der Waals surface area contributed by atoms with Gasteiger partial charge in [0.15, 0.2) is 0 Å².